The Bertz CT molecular complexity index is 1010. The molecule has 1 aromatic heterocycles. The zero-order valence-corrected chi connectivity index (χ0v) is 19.7. The van der Waals surface area contributed by atoms with E-state index in [0.29, 0.717) is 5.16 Å². The van der Waals surface area contributed by atoms with Gasteiger partial charge in [0.25, 0.3) is 0 Å². The Kier molecular flexibility index (Phi) is 5.51. The minimum absolute atomic E-state index is 0.113. The second kappa shape index (κ2) is 8.21. The first-order chi connectivity index (χ1) is 15.3. The van der Waals surface area contributed by atoms with Gasteiger partial charge in [0.05, 0.1) is 10.9 Å². The molecule has 4 saturated carbocycles. The van der Waals surface area contributed by atoms with Crippen LogP contribution in [-0.2, 0) is 4.79 Å². The number of amides is 3. The lowest BCUT2D eigenvalue weighted by Gasteiger charge is -2.56. The molecule has 1 unspecified atom stereocenters. The summed E-state index contributed by atoms with van der Waals surface area (Å²) in [7, 11) is 0. The van der Waals surface area contributed by atoms with Gasteiger partial charge in [0, 0.05) is 5.54 Å². The number of imide groups is 1. The molecule has 32 heavy (non-hydrogen) atoms. The van der Waals surface area contributed by atoms with Crippen LogP contribution in [0.15, 0.2) is 29.4 Å². The van der Waals surface area contributed by atoms with Crippen molar-refractivity contribution in [1.29, 1.82) is 0 Å². The van der Waals surface area contributed by atoms with Gasteiger partial charge in [0.15, 0.2) is 5.16 Å². The highest BCUT2D eigenvalue weighted by Crippen LogP contribution is 2.55. The summed E-state index contributed by atoms with van der Waals surface area (Å²) in [6.45, 7) is 5.73. The third-order valence-electron chi connectivity index (χ3n) is 7.46. The molecule has 6 rings (SSSR count). The number of aromatic nitrogens is 3. The summed E-state index contributed by atoms with van der Waals surface area (Å²) in [5, 5.41) is 14.4. The maximum Gasteiger partial charge on any atom is 0.321 e. The molecule has 4 fully saturated rings. The zero-order valence-electron chi connectivity index (χ0n) is 18.9. The van der Waals surface area contributed by atoms with E-state index in [2.05, 4.69) is 20.8 Å². The van der Waals surface area contributed by atoms with Crippen molar-refractivity contribution in [1.82, 2.24) is 25.4 Å². The van der Waals surface area contributed by atoms with Gasteiger partial charge < -0.3 is 5.32 Å². The van der Waals surface area contributed by atoms with E-state index in [0.717, 1.165) is 54.1 Å². The number of nitrogens with one attached hydrogen (secondary N) is 2. The van der Waals surface area contributed by atoms with Crippen LogP contribution in [0.1, 0.15) is 56.8 Å². The number of benzene rings is 1. The standard InChI is InChI=1S/C24H31N5O2S/c1-14-6-4-5-7-20(14)29-16(3)27-28-23(29)32-15(2)21(30)25-22(31)26-24-11-17-8-18(12-24)10-19(9-17)13-24/h4-7,15,17-19H,8-13H2,1-3H3,(H2,25,26,30,31). The summed E-state index contributed by atoms with van der Waals surface area (Å²) in [6, 6.07) is 7.65. The lowest BCUT2D eigenvalue weighted by molar-refractivity contribution is -0.119. The van der Waals surface area contributed by atoms with Crippen molar-refractivity contribution >= 4 is 23.7 Å². The lowest BCUT2D eigenvalue weighted by atomic mass is 9.53. The van der Waals surface area contributed by atoms with E-state index in [1.165, 1.54) is 31.0 Å². The number of carbonyl (C=O) groups is 2. The van der Waals surface area contributed by atoms with Crippen molar-refractivity contribution < 1.29 is 9.59 Å². The van der Waals surface area contributed by atoms with Crippen molar-refractivity contribution in [2.75, 3.05) is 0 Å². The molecule has 4 bridgehead atoms. The predicted octanol–water partition coefficient (Wildman–Crippen LogP) is 4.16. The third-order valence-corrected chi connectivity index (χ3v) is 8.50. The summed E-state index contributed by atoms with van der Waals surface area (Å²) in [6.07, 6.45) is 7.12. The lowest BCUT2D eigenvalue weighted by Crippen LogP contribution is -2.62. The van der Waals surface area contributed by atoms with Gasteiger partial charge in [0.2, 0.25) is 5.91 Å². The minimum Gasteiger partial charge on any atom is -0.332 e. The molecular formula is C24H31N5O2S. The molecule has 170 valence electrons. The van der Waals surface area contributed by atoms with Crippen LogP contribution in [0, 0.1) is 31.6 Å². The molecule has 0 saturated heterocycles. The smallest absolute Gasteiger partial charge is 0.321 e. The average molecular weight is 454 g/mol. The zero-order chi connectivity index (χ0) is 22.5. The Labute approximate surface area is 193 Å². The number of thioether (sulfide) groups is 1. The summed E-state index contributed by atoms with van der Waals surface area (Å²) in [5.74, 6) is 2.66. The van der Waals surface area contributed by atoms with Gasteiger partial charge in [-0.3, -0.25) is 14.7 Å². The number of hydrogen-bond acceptors (Lipinski definition) is 5. The molecule has 1 aromatic carbocycles. The van der Waals surface area contributed by atoms with E-state index in [1.54, 1.807) is 6.92 Å². The van der Waals surface area contributed by atoms with Crippen molar-refractivity contribution in [2.45, 2.75) is 75.2 Å². The van der Waals surface area contributed by atoms with Crippen LogP contribution < -0.4 is 10.6 Å². The molecule has 2 N–H and O–H groups in total. The Morgan fingerprint density at radius 3 is 2.31 bits per heavy atom. The largest absolute Gasteiger partial charge is 0.332 e. The van der Waals surface area contributed by atoms with E-state index >= 15 is 0 Å². The second-order valence-electron chi connectivity index (χ2n) is 10.1. The predicted molar refractivity (Wildman–Crippen MR) is 124 cm³/mol. The maximum atomic E-state index is 12.8. The molecule has 7 nitrogen and oxygen atoms in total. The van der Waals surface area contributed by atoms with Gasteiger partial charge in [-0.25, -0.2) is 4.79 Å². The highest BCUT2D eigenvalue weighted by atomic mass is 32.2. The number of aryl methyl sites for hydroxylation is 2. The number of carbonyl (C=O) groups excluding carboxylic acids is 2. The van der Waals surface area contributed by atoms with Crippen LogP contribution in [0.5, 0.6) is 0 Å². The molecule has 2 aromatic rings. The molecule has 1 heterocycles. The van der Waals surface area contributed by atoms with Crippen molar-refractivity contribution in [3.8, 4) is 5.69 Å². The Hall–Kier alpha value is -2.35. The Morgan fingerprint density at radius 1 is 1.06 bits per heavy atom. The maximum absolute atomic E-state index is 12.8. The third kappa shape index (κ3) is 4.05. The monoisotopic (exact) mass is 453 g/mol. The number of urea groups is 1. The molecule has 8 heteroatoms. The van der Waals surface area contributed by atoms with E-state index in [4.69, 9.17) is 0 Å². The number of para-hydroxylation sites is 1. The molecule has 0 aliphatic heterocycles. The molecule has 4 aliphatic rings. The van der Waals surface area contributed by atoms with Crippen LogP contribution in [-0.4, -0.2) is 37.5 Å². The van der Waals surface area contributed by atoms with Gasteiger partial charge in [-0.2, -0.15) is 0 Å². The summed E-state index contributed by atoms with van der Waals surface area (Å²) >= 11 is 1.31. The highest BCUT2D eigenvalue weighted by molar-refractivity contribution is 8.00. The fourth-order valence-corrected chi connectivity index (χ4v) is 7.38. The second-order valence-corrected chi connectivity index (χ2v) is 11.4. The Balaban J connectivity index is 1.23. The van der Waals surface area contributed by atoms with Crippen LogP contribution in [0.4, 0.5) is 4.79 Å². The first-order valence-electron chi connectivity index (χ1n) is 11.6. The van der Waals surface area contributed by atoms with Crippen molar-refractivity contribution in [3.05, 3.63) is 35.7 Å². The van der Waals surface area contributed by atoms with E-state index in [1.807, 2.05) is 42.7 Å². The fourth-order valence-electron chi connectivity index (χ4n) is 6.47. The molecule has 1 atom stereocenters. The minimum atomic E-state index is -0.483. The fraction of sp³-hybridized carbons (Fsp3) is 0.583. The van der Waals surface area contributed by atoms with Gasteiger partial charge in [-0.05, 0) is 88.7 Å². The SMILES string of the molecule is Cc1ccccc1-n1c(C)nnc1SC(C)C(=O)NC(=O)NC12CC3CC(CC(C3)C1)C2. The quantitative estimate of drug-likeness (QED) is 0.664. The van der Waals surface area contributed by atoms with Crippen LogP contribution in [0.2, 0.25) is 0 Å². The van der Waals surface area contributed by atoms with E-state index in [9.17, 15) is 9.59 Å². The summed E-state index contributed by atoms with van der Waals surface area (Å²) < 4.78 is 1.96. The first-order valence-corrected chi connectivity index (χ1v) is 12.5. The molecule has 4 aliphatic carbocycles. The number of hydrogen-bond donors (Lipinski definition) is 2. The van der Waals surface area contributed by atoms with Crippen LogP contribution in [0.25, 0.3) is 5.69 Å². The van der Waals surface area contributed by atoms with Crippen LogP contribution in [0.3, 0.4) is 0 Å². The van der Waals surface area contributed by atoms with Gasteiger partial charge >= 0.3 is 6.03 Å². The van der Waals surface area contributed by atoms with Crippen LogP contribution >= 0.6 is 11.8 Å². The molecule has 3 amide bonds. The highest BCUT2D eigenvalue weighted by Gasteiger charge is 2.51. The number of nitrogens with zero attached hydrogens (tertiary/aromatic N) is 3. The van der Waals surface area contributed by atoms with E-state index < -0.39 is 5.25 Å². The normalized spacial score (nSPS) is 29.0. The summed E-state index contributed by atoms with van der Waals surface area (Å²) in [4.78, 5) is 25.6. The van der Waals surface area contributed by atoms with Crippen molar-refractivity contribution in [2.24, 2.45) is 17.8 Å². The van der Waals surface area contributed by atoms with Crippen molar-refractivity contribution in [3.63, 3.8) is 0 Å². The topological polar surface area (TPSA) is 88.9 Å². The Morgan fingerprint density at radius 2 is 1.69 bits per heavy atom. The van der Waals surface area contributed by atoms with E-state index in [-0.39, 0.29) is 17.5 Å². The molecule has 0 spiro atoms. The molecule has 0 radical (unpaired) electrons. The average Bonchev–Trinajstić information content (AvgIpc) is 3.06. The first kappa shape index (κ1) is 21.5. The van der Waals surface area contributed by atoms with Gasteiger partial charge in [-0.1, -0.05) is 30.0 Å². The molecular weight excluding hydrogens is 422 g/mol. The summed E-state index contributed by atoms with van der Waals surface area (Å²) in [5.41, 5.74) is 1.98. The number of rotatable bonds is 5. The van der Waals surface area contributed by atoms with Gasteiger partial charge in [0.1, 0.15) is 5.82 Å². The van der Waals surface area contributed by atoms with Gasteiger partial charge in [-0.15, -0.1) is 10.2 Å².